The second-order valence-electron chi connectivity index (χ2n) is 4.77. The molecule has 1 atom stereocenters. The third-order valence-corrected chi connectivity index (χ3v) is 2.98. The van der Waals surface area contributed by atoms with E-state index in [0.29, 0.717) is 5.56 Å². The second-order valence-corrected chi connectivity index (χ2v) is 4.77. The lowest BCUT2D eigenvalue weighted by Gasteiger charge is -2.18. The van der Waals surface area contributed by atoms with Gasteiger partial charge in [0.2, 0.25) is 0 Å². The number of benzene rings is 2. The zero-order chi connectivity index (χ0) is 15.5. The second kappa shape index (κ2) is 5.63. The third-order valence-electron chi connectivity index (χ3n) is 2.98. The molecule has 0 bridgehead atoms. The molecule has 0 aliphatic heterocycles. The number of alkyl halides is 3. The first-order chi connectivity index (χ1) is 9.79. The van der Waals surface area contributed by atoms with Crippen molar-refractivity contribution in [3.05, 3.63) is 71.3 Å². The molecule has 21 heavy (non-hydrogen) atoms. The van der Waals surface area contributed by atoms with Crippen LogP contribution >= 0.6 is 0 Å². The van der Waals surface area contributed by atoms with Crippen LogP contribution in [-0.2, 0) is 11.8 Å². The Bertz CT molecular complexity index is 676. The Hall–Kier alpha value is -2.25. The summed E-state index contributed by atoms with van der Waals surface area (Å²) in [5.41, 5.74) is -1.66. The fourth-order valence-corrected chi connectivity index (χ4v) is 1.79. The van der Waals surface area contributed by atoms with E-state index in [0.717, 1.165) is 12.1 Å². The number of rotatable bonds is 1. The van der Waals surface area contributed by atoms with Gasteiger partial charge in [0.15, 0.2) is 0 Å². The van der Waals surface area contributed by atoms with Gasteiger partial charge in [0.25, 0.3) is 0 Å². The zero-order valence-corrected chi connectivity index (χ0v) is 11.3. The van der Waals surface area contributed by atoms with Crippen molar-refractivity contribution >= 4 is 0 Å². The molecule has 2 aromatic carbocycles. The lowest BCUT2D eigenvalue weighted by Crippen LogP contribution is -2.19. The number of hydrogen-bond acceptors (Lipinski definition) is 1. The van der Waals surface area contributed by atoms with E-state index in [2.05, 4.69) is 11.8 Å². The molecular formula is C17H13F3O. The SMILES string of the molecule is CC(O)(C#Cc1ccccc1)c1cccc(C(F)(F)F)c1. The summed E-state index contributed by atoms with van der Waals surface area (Å²) in [6.07, 6.45) is -4.45. The molecule has 0 heterocycles. The van der Waals surface area contributed by atoms with E-state index in [1.165, 1.54) is 19.1 Å². The molecule has 0 aliphatic rings. The Balaban J connectivity index is 2.34. The van der Waals surface area contributed by atoms with Crippen LogP contribution in [0.2, 0.25) is 0 Å². The van der Waals surface area contributed by atoms with E-state index in [1.54, 1.807) is 24.3 Å². The lowest BCUT2D eigenvalue weighted by molar-refractivity contribution is -0.137. The quantitative estimate of drug-likeness (QED) is 0.788. The molecule has 1 N–H and O–H groups in total. The van der Waals surface area contributed by atoms with E-state index in [-0.39, 0.29) is 5.56 Å². The normalized spacial score (nSPS) is 14.0. The highest BCUT2D eigenvalue weighted by atomic mass is 19.4. The highest BCUT2D eigenvalue weighted by Gasteiger charge is 2.32. The summed E-state index contributed by atoms with van der Waals surface area (Å²) in [4.78, 5) is 0. The largest absolute Gasteiger partial charge is 0.416 e. The predicted molar refractivity (Wildman–Crippen MR) is 74.3 cm³/mol. The van der Waals surface area contributed by atoms with Crippen molar-refractivity contribution in [2.75, 3.05) is 0 Å². The van der Waals surface area contributed by atoms with Gasteiger partial charge in [-0.3, -0.25) is 0 Å². The van der Waals surface area contributed by atoms with E-state index >= 15 is 0 Å². The topological polar surface area (TPSA) is 20.2 Å². The van der Waals surface area contributed by atoms with Gasteiger partial charge in [-0.25, -0.2) is 0 Å². The minimum absolute atomic E-state index is 0.112. The van der Waals surface area contributed by atoms with Crippen LogP contribution in [0.3, 0.4) is 0 Å². The van der Waals surface area contributed by atoms with Crippen molar-refractivity contribution in [2.45, 2.75) is 18.7 Å². The molecule has 0 spiro atoms. The fourth-order valence-electron chi connectivity index (χ4n) is 1.79. The number of halogens is 3. The fraction of sp³-hybridized carbons (Fsp3) is 0.176. The Kier molecular flexibility index (Phi) is 4.06. The van der Waals surface area contributed by atoms with Gasteiger partial charge in [-0.05, 0) is 36.8 Å². The highest BCUT2D eigenvalue weighted by Crippen LogP contribution is 2.31. The van der Waals surface area contributed by atoms with Crippen molar-refractivity contribution in [2.24, 2.45) is 0 Å². The van der Waals surface area contributed by atoms with Crippen LogP contribution in [-0.4, -0.2) is 5.11 Å². The minimum atomic E-state index is -4.45. The Morgan fingerprint density at radius 1 is 0.905 bits per heavy atom. The summed E-state index contributed by atoms with van der Waals surface area (Å²) in [5.74, 6) is 5.37. The molecule has 1 nitrogen and oxygen atoms in total. The highest BCUT2D eigenvalue weighted by molar-refractivity contribution is 5.40. The lowest BCUT2D eigenvalue weighted by atomic mass is 9.94. The molecule has 4 heteroatoms. The van der Waals surface area contributed by atoms with Crippen LogP contribution in [0, 0.1) is 11.8 Å². The summed E-state index contributed by atoms with van der Waals surface area (Å²) in [6, 6.07) is 13.5. The molecule has 0 radical (unpaired) electrons. The number of hydrogen-bond donors (Lipinski definition) is 1. The van der Waals surface area contributed by atoms with Crippen molar-refractivity contribution in [1.82, 2.24) is 0 Å². The molecule has 0 saturated heterocycles. The summed E-state index contributed by atoms with van der Waals surface area (Å²) in [6.45, 7) is 1.37. The van der Waals surface area contributed by atoms with Crippen LogP contribution in [0.1, 0.15) is 23.6 Å². The van der Waals surface area contributed by atoms with Gasteiger partial charge < -0.3 is 5.11 Å². The van der Waals surface area contributed by atoms with Crippen molar-refractivity contribution in [3.8, 4) is 11.8 Å². The van der Waals surface area contributed by atoms with Gasteiger partial charge in [-0.1, -0.05) is 42.2 Å². The average Bonchev–Trinajstić information content (AvgIpc) is 2.46. The monoisotopic (exact) mass is 290 g/mol. The van der Waals surface area contributed by atoms with Crippen LogP contribution in [0.4, 0.5) is 13.2 Å². The summed E-state index contributed by atoms with van der Waals surface area (Å²) in [5, 5.41) is 10.3. The molecule has 108 valence electrons. The molecule has 0 fully saturated rings. The summed E-state index contributed by atoms with van der Waals surface area (Å²) < 4.78 is 38.1. The molecule has 2 rings (SSSR count). The van der Waals surface area contributed by atoms with E-state index < -0.39 is 17.3 Å². The molecule has 1 unspecified atom stereocenters. The summed E-state index contributed by atoms with van der Waals surface area (Å²) in [7, 11) is 0. The Morgan fingerprint density at radius 2 is 1.52 bits per heavy atom. The van der Waals surface area contributed by atoms with E-state index in [9.17, 15) is 18.3 Å². The molecular weight excluding hydrogens is 277 g/mol. The maximum Gasteiger partial charge on any atom is 0.416 e. The smallest absolute Gasteiger partial charge is 0.374 e. The maximum absolute atomic E-state index is 12.7. The average molecular weight is 290 g/mol. The van der Waals surface area contributed by atoms with Crippen LogP contribution < -0.4 is 0 Å². The zero-order valence-electron chi connectivity index (χ0n) is 11.3. The molecule has 2 aromatic rings. The van der Waals surface area contributed by atoms with Crippen molar-refractivity contribution < 1.29 is 18.3 Å². The first-order valence-electron chi connectivity index (χ1n) is 6.27. The van der Waals surface area contributed by atoms with Crippen molar-refractivity contribution in [1.29, 1.82) is 0 Å². The molecule has 0 aromatic heterocycles. The van der Waals surface area contributed by atoms with Crippen LogP contribution in [0.15, 0.2) is 54.6 Å². The summed E-state index contributed by atoms with van der Waals surface area (Å²) >= 11 is 0. The minimum Gasteiger partial charge on any atom is -0.374 e. The van der Waals surface area contributed by atoms with Gasteiger partial charge in [0, 0.05) is 5.56 Å². The van der Waals surface area contributed by atoms with Crippen LogP contribution in [0.5, 0.6) is 0 Å². The van der Waals surface area contributed by atoms with Gasteiger partial charge in [-0.15, -0.1) is 0 Å². The number of aliphatic hydroxyl groups is 1. The van der Waals surface area contributed by atoms with Gasteiger partial charge in [0.05, 0.1) is 5.56 Å². The Morgan fingerprint density at radius 3 is 2.14 bits per heavy atom. The van der Waals surface area contributed by atoms with Gasteiger partial charge in [0.1, 0.15) is 5.60 Å². The standard InChI is InChI=1S/C17H13F3O/c1-16(21,11-10-13-6-3-2-4-7-13)14-8-5-9-15(12-14)17(18,19)20/h2-9,12,21H,1H3. The predicted octanol–water partition coefficient (Wildman–Crippen LogP) is 3.96. The molecule has 0 saturated carbocycles. The van der Waals surface area contributed by atoms with Crippen LogP contribution in [0.25, 0.3) is 0 Å². The third kappa shape index (κ3) is 3.87. The maximum atomic E-state index is 12.7. The van der Waals surface area contributed by atoms with Gasteiger partial charge >= 0.3 is 6.18 Å². The molecule has 0 amide bonds. The molecule has 0 aliphatic carbocycles. The van der Waals surface area contributed by atoms with Gasteiger partial charge in [-0.2, -0.15) is 13.2 Å². The van der Waals surface area contributed by atoms with E-state index in [4.69, 9.17) is 0 Å². The Labute approximate surface area is 121 Å². The first-order valence-corrected chi connectivity index (χ1v) is 6.27. The first kappa shape index (κ1) is 15.1. The van der Waals surface area contributed by atoms with Crippen molar-refractivity contribution in [3.63, 3.8) is 0 Å². The van der Waals surface area contributed by atoms with E-state index in [1.807, 2.05) is 6.07 Å².